The maximum absolute atomic E-state index is 12.8. The van der Waals surface area contributed by atoms with Crippen LogP contribution in [0.5, 0.6) is 0 Å². The van der Waals surface area contributed by atoms with Gasteiger partial charge >= 0.3 is 17.8 Å². The van der Waals surface area contributed by atoms with Gasteiger partial charge in [-0.05, 0) is 30.3 Å². The fourth-order valence-corrected chi connectivity index (χ4v) is 2.58. The highest BCUT2D eigenvalue weighted by Gasteiger charge is 2.32. The largest absolute Gasteiger partial charge is 0.478 e. The van der Waals surface area contributed by atoms with Crippen LogP contribution in [-0.4, -0.2) is 31.0 Å². The molecule has 0 aliphatic heterocycles. The topological polar surface area (TPSA) is 143 Å². The minimum atomic E-state index is -4.66. The molecule has 0 aliphatic carbocycles. The van der Waals surface area contributed by atoms with Gasteiger partial charge in [0.2, 0.25) is 11.6 Å². The lowest BCUT2D eigenvalue weighted by atomic mass is 10.2. The monoisotopic (exact) mass is 454 g/mol. The zero-order chi connectivity index (χ0) is 22.8. The smallest absolute Gasteiger partial charge is 0.417 e. The van der Waals surface area contributed by atoms with E-state index in [0.29, 0.717) is 18.0 Å². The summed E-state index contributed by atoms with van der Waals surface area (Å²) in [6, 6.07) is 5.92. The van der Waals surface area contributed by atoms with Crippen LogP contribution >= 0.6 is 11.6 Å². The van der Waals surface area contributed by atoms with Gasteiger partial charge in [-0.3, -0.25) is 10.1 Å². The SMILES string of the molecule is O=C(O)c1ccc(Nc2ncnc(Nc3ncc(C(F)(F)F)cc3Cl)c2[N+](=O)[O-])cc1. The van der Waals surface area contributed by atoms with Gasteiger partial charge < -0.3 is 15.7 Å². The molecule has 10 nitrogen and oxygen atoms in total. The Bertz CT molecular complexity index is 1160. The summed E-state index contributed by atoms with van der Waals surface area (Å²) in [4.78, 5) is 32.8. The number of benzene rings is 1. The molecule has 0 unspecified atom stereocenters. The molecule has 1 aromatic carbocycles. The van der Waals surface area contributed by atoms with E-state index in [1.165, 1.54) is 24.3 Å². The van der Waals surface area contributed by atoms with Crippen LogP contribution in [0.25, 0.3) is 0 Å². The second kappa shape index (κ2) is 8.39. The number of nitro groups is 1. The molecule has 14 heteroatoms. The number of alkyl halides is 3. The number of anilines is 4. The molecule has 0 fully saturated rings. The van der Waals surface area contributed by atoms with Crippen LogP contribution in [0.2, 0.25) is 5.02 Å². The predicted octanol–water partition coefficient (Wildman–Crippen LogP) is 4.64. The molecule has 3 aromatic rings. The van der Waals surface area contributed by atoms with E-state index >= 15 is 0 Å². The van der Waals surface area contributed by atoms with Crippen LogP contribution in [-0.2, 0) is 6.18 Å². The first kappa shape index (κ1) is 21.7. The van der Waals surface area contributed by atoms with Gasteiger partial charge in [-0.1, -0.05) is 11.6 Å². The molecule has 3 N–H and O–H groups in total. The maximum Gasteiger partial charge on any atom is 0.417 e. The van der Waals surface area contributed by atoms with Crippen LogP contribution in [0, 0.1) is 10.1 Å². The molecule has 0 atom stereocenters. The number of hydrogen-bond donors (Lipinski definition) is 3. The average molecular weight is 455 g/mol. The summed E-state index contributed by atoms with van der Waals surface area (Å²) in [5.74, 6) is -2.06. The second-order valence-corrected chi connectivity index (χ2v) is 6.27. The third kappa shape index (κ3) is 4.95. The number of pyridine rings is 1. The first-order chi connectivity index (χ1) is 14.6. The molecule has 2 heterocycles. The highest BCUT2D eigenvalue weighted by Crippen LogP contribution is 2.36. The van der Waals surface area contributed by atoms with E-state index in [0.717, 1.165) is 6.33 Å². The quantitative estimate of drug-likeness (QED) is 0.358. The van der Waals surface area contributed by atoms with E-state index in [1.807, 2.05) is 0 Å². The number of carboxylic acid groups (broad SMARTS) is 1. The van der Waals surface area contributed by atoms with E-state index in [4.69, 9.17) is 16.7 Å². The molecule has 0 saturated carbocycles. The summed E-state index contributed by atoms with van der Waals surface area (Å²) in [6.07, 6.45) is -3.17. The Balaban J connectivity index is 1.94. The molecule has 31 heavy (non-hydrogen) atoms. The second-order valence-electron chi connectivity index (χ2n) is 5.86. The van der Waals surface area contributed by atoms with E-state index < -0.39 is 33.3 Å². The van der Waals surface area contributed by atoms with E-state index in [9.17, 15) is 28.1 Å². The van der Waals surface area contributed by atoms with Gasteiger partial charge in [0, 0.05) is 11.9 Å². The highest BCUT2D eigenvalue weighted by atomic mass is 35.5. The highest BCUT2D eigenvalue weighted by molar-refractivity contribution is 6.33. The zero-order valence-electron chi connectivity index (χ0n) is 15.0. The molecule has 0 saturated heterocycles. The number of halogens is 4. The minimum Gasteiger partial charge on any atom is -0.478 e. The van der Waals surface area contributed by atoms with Gasteiger partial charge in [0.1, 0.15) is 6.33 Å². The third-order valence-corrected chi connectivity index (χ3v) is 4.09. The predicted molar refractivity (Wildman–Crippen MR) is 103 cm³/mol. The number of carboxylic acids is 1. The molecular weight excluding hydrogens is 445 g/mol. The lowest BCUT2D eigenvalue weighted by molar-refractivity contribution is -0.383. The molecular formula is C17H10ClF3N6O4. The number of rotatable bonds is 6. The summed E-state index contributed by atoms with van der Waals surface area (Å²) in [5, 5.41) is 25.2. The van der Waals surface area contributed by atoms with Crippen molar-refractivity contribution in [1.82, 2.24) is 15.0 Å². The number of nitrogens with one attached hydrogen (secondary N) is 2. The van der Waals surface area contributed by atoms with Crippen LogP contribution in [0.15, 0.2) is 42.9 Å². The number of aromatic carboxylic acids is 1. The molecule has 3 rings (SSSR count). The van der Waals surface area contributed by atoms with E-state index in [2.05, 4.69) is 25.6 Å². The molecule has 0 bridgehead atoms. The number of carbonyl (C=O) groups is 1. The Hall–Kier alpha value is -4.00. The summed E-state index contributed by atoms with van der Waals surface area (Å²) in [7, 11) is 0. The lowest BCUT2D eigenvalue weighted by Crippen LogP contribution is -2.08. The van der Waals surface area contributed by atoms with Crippen molar-refractivity contribution in [2.24, 2.45) is 0 Å². The van der Waals surface area contributed by atoms with Crippen molar-refractivity contribution in [2.75, 3.05) is 10.6 Å². The van der Waals surface area contributed by atoms with Gasteiger partial charge in [0.05, 0.1) is 21.1 Å². The standard InChI is InChI=1S/C17H10ClF3N6O4/c18-11-5-9(17(19,20)21)6-22-13(11)26-15-12(27(30)31)14(23-7-24-15)25-10-3-1-8(2-4-10)16(28)29/h1-7H,(H,28,29)(H2,22,23,24,25,26). The Morgan fingerprint density at radius 2 is 1.68 bits per heavy atom. The van der Waals surface area contributed by atoms with Gasteiger partial charge in [-0.25, -0.2) is 19.7 Å². The lowest BCUT2D eigenvalue weighted by Gasteiger charge is -2.12. The van der Waals surface area contributed by atoms with E-state index in [1.54, 1.807) is 0 Å². The fraction of sp³-hybridized carbons (Fsp3) is 0.0588. The van der Waals surface area contributed by atoms with Crippen LogP contribution in [0.4, 0.5) is 42.0 Å². The van der Waals surface area contributed by atoms with Crippen molar-refractivity contribution in [3.8, 4) is 0 Å². The van der Waals surface area contributed by atoms with Crippen LogP contribution < -0.4 is 10.6 Å². The van der Waals surface area contributed by atoms with Crippen molar-refractivity contribution in [3.05, 3.63) is 69.1 Å². The van der Waals surface area contributed by atoms with Gasteiger partial charge in [-0.15, -0.1) is 0 Å². The van der Waals surface area contributed by atoms with Crippen LogP contribution in [0.3, 0.4) is 0 Å². The third-order valence-electron chi connectivity index (χ3n) is 3.80. The maximum atomic E-state index is 12.8. The van der Waals surface area contributed by atoms with Gasteiger partial charge in [-0.2, -0.15) is 13.2 Å². The number of hydrogen-bond acceptors (Lipinski definition) is 8. The minimum absolute atomic E-state index is 0.00751. The number of nitrogens with zero attached hydrogens (tertiary/aromatic N) is 4. The van der Waals surface area contributed by atoms with E-state index in [-0.39, 0.29) is 23.0 Å². The summed E-state index contributed by atoms with van der Waals surface area (Å²) >= 11 is 5.83. The molecule has 0 amide bonds. The molecule has 160 valence electrons. The first-order valence-corrected chi connectivity index (χ1v) is 8.53. The van der Waals surface area contributed by atoms with Crippen molar-refractivity contribution >= 4 is 46.4 Å². The Morgan fingerprint density at radius 1 is 1.06 bits per heavy atom. The molecule has 0 spiro atoms. The summed E-state index contributed by atoms with van der Waals surface area (Å²) < 4.78 is 38.3. The van der Waals surface area contributed by atoms with Crippen molar-refractivity contribution in [3.63, 3.8) is 0 Å². The normalized spacial score (nSPS) is 11.1. The van der Waals surface area contributed by atoms with Gasteiger partial charge in [0.25, 0.3) is 0 Å². The van der Waals surface area contributed by atoms with Crippen molar-refractivity contribution in [1.29, 1.82) is 0 Å². The Labute approximate surface area is 175 Å². The number of aromatic nitrogens is 3. The molecule has 0 radical (unpaired) electrons. The van der Waals surface area contributed by atoms with Crippen LogP contribution in [0.1, 0.15) is 15.9 Å². The Morgan fingerprint density at radius 3 is 2.19 bits per heavy atom. The fourth-order valence-electron chi connectivity index (χ4n) is 2.36. The summed E-state index contributed by atoms with van der Waals surface area (Å²) in [6.45, 7) is 0. The molecule has 2 aromatic heterocycles. The first-order valence-electron chi connectivity index (χ1n) is 8.16. The summed E-state index contributed by atoms with van der Waals surface area (Å²) in [5.41, 5.74) is -1.42. The van der Waals surface area contributed by atoms with Gasteiger partial charge in [0.15, 0.2) is 5.82 Å². The molecule has 0 aliphatic rings. The van der Waals surface area contributed by atoms with Crippen molar-refractivity contribution < 1.29 is 28.0 Å². The zero-order valence-corrected chi connectivity index (χ0v) is 15.8. The Kier molecular flexibility index (Phi) is 5.88. The van der Waals surface area contributed by atoms with Crippen molar-refractivity contribution in [2.45, 2.75) is 6.18 Å². The average Bonchev–Trinajstić information content (AvgIpc) is 2.69.